The van der Waals surface area contributed by atoms with E-state index in [1.54, 1.807) is 6.08 Å². The third-order valence-electron chi connectivity index (χ3n) is 4.00. The van der Waals surface area contributed by atoms with Crippen LogP contribution in [0.15, 0.2) is 79.0 Å². The summed E-state index contributed by atoms with van der Waals surface area (Å²) >= 11 is 0. The molecule has 0 radical (unpaired) electrons. The van der Waals surface area contributed by atoms with Crippen molar-refractivity contribution < 1.29 is 19.1 Å². The van der Waals surface area contributed by atoms with Crippen molar-refractivity contribution in [2.75, 3.05) is 0 Å². The Balaban J connectivity index is 1.94. The van der Waals surface area contributed by atoms with Crippen molar-refractivity contribution in [2.45, 2.75) is 32.5 Å². The lowest BCUT2D eigenvalue weighted by molar-refractivity contribution is -0.164. The molecule has 27 heavy (non-hydrogen) atoms. The van der Waals surface area contributed by atoms with E-state index in [0.29, 0.717) is 19.3 Å². The summed E-state index contributed by atoms with van der Waals surface area (Å²) in [6, 6.07) is 18.7. The third-order valence-corrected chi connectivity index (χ3v) is 4.00. The van der Waals surface area contributed by atoms with Crippen LogP contribution in [0.4, 0.5) is 0 Å². The van der Waals surface area contributed by atoms with Gasteiger partial charge in [0.25, 0.3) is 0 Å². The first-order valence-corrected chi connectivity index (χ1v) is 8.96. The Hall–Kier alpha value is -3.10. The highest BCUT2D eigenvalue weighted by molar-refractivity contribution is 5.94. The number of carbonyl (C=O) groups excluding carboxylic acids is 2. The smallest absolute Gasteiger partial charge is 0.320 e. The Morgan fingerprint density at radius 3 is 1.81 bits per heavy atom. The van der Waals surface area contributed by atoms with Crippen molar-refractivity contribution in [1.82, 2.24) is 0 Å². The van der Waals surface area contributed by atoms with Crippen LogP contribution in [0, 0.1) is 5.92 Å². The molecule has 0 aliphatic rings. The van der Waals surface area contributed by atoms with Gasteiger partial charge in [0.1, 0.15) is 13.2 Å². The van der Waals surface area contributed by atoms with Crippen LogP contribution in [0.2, 0.25) is 0 Å². The van der Waals surface area contributed by atoms with Gasteiger partial charge in [0, 0.05) is 0 Å². The van der Waals surface area contributed by atoms with Gasteiger partial charge in [0.15, 0.2) is 5.92 Å². The van der Waals surface area contributed by atoms with Crippen molar-refractivity contribution >= 4 is 11.9 Å². The maximum Gasteiger partial charge on any atom is 0.320 e. The van der Waals surface area contributed by atoms with Crippen molar-refractivity contribution in [2.24, 2.45) is 5.92 Å². The molecule has 0 saturated heterocycles. The number of carbonyl (C=O) groups is 2. The molecule has 2 aromatic carbocycles. The Morgan fingerprint density at radius 2 is 1.37 bits per heavy atom. The highest BCUT2D eigenvalue weighted by Gasteiger charge is 2.29. The molecule has 0 fully saturated rings. The molecular weight excluding hydrogens is 340 g/mol. The summed E-state index contributed by atoms with van der Waals surface area (Å²) in [5.41, 5.74) is 4.43. The highest BCUT2D eigenvalue weighted by Crippen LogP contribution is 2.16. The van der Waals surface area contributed by atoms with Gasteiger partial charge in [-0.1, -0.05) is 67.2 Å². The summed E-state index contributed by atoms with van der Waals surface area (Å²) in [4.78, 5) is 24.9. The summed E-state index contributed by atoms with van der Waals surface area (Å²) in [5, 5.41) is 0. The fraction of sp³-hybridized carbons (Fsp3) is 0.261. The number of ether oxygens (including phenoxy) is 2. The van der Waals surface area contributed by atoms with Crippen LogP contribution in [0.5, 0.6) is 0 Å². The topological polar surface area (TPSA) is 52.6 Å². The van der Waals surface area contributed by atoms with Crippen LogP contribution in [0.1, 0.15) is 30.4 Å². The molecule has 0 aromatic heterocycles. The molecule has 0 amide bonds. The van der Waals surface area contributed by atoms with Crippen LogP contribution in [-0.4, -0.2) is 11.9 Å². The lowest BCUT2D eigenvalue weighted by Gasteiger charge is -2.15. The molecule has 0 unspecified atom stereocenters. The van der Waals surface area contributed by atoms with Gasteiger partial charge in [-0.15, -0.1) is 5.73 Å². The molecule has 0 heterocycles. The number of esters is 2. The SMILES string of the molecule is C=C=CCCCC(C(=O)OCc1ccccc1)C(=O)OCc1ccccc1. The van der Waals surface area contributed by atoms with Crippen molar-refractivity contribution in [1.29, 1.82) is 0 Å². The van der Waals surface area contributed by atoms with Crippen LogP contribution in [-0.2, 0) is 32.3 Å². The zero-order chi connectivity index (χ0) is 19.3. The predicted octanol–water partition coefficient (Wildman–Crippen LogP) is 4.60. The molecule has 2 rings (SSSR count). The molecule has 0 spiro atoms. The molecule has 2 aromatic rings. The van der Waals surface area contributed by atoms with Crippen LogP contribution < -0.4 is 0 Å². The van der Waals surface area contributed by atoms with Crippen LogP contribution in [0.3, 0.4) is 0 Å². The summed E-state index contributed by atoms with van der Waals surface area (Å²) in [6.45, 7) is 3.78. The number of hydrogen-bond donors (Lipinski definition) is 0. The molecular formula is C23H24O4. The highest BCUT2D eigenvalue weighted by atomic mass is 16.6. The molecule has 140 valence electrons. The quantitative estimate of drug-likeness (QED) is 0.268. The van der Waals surface area contributed by atoms with E-state index < -0.39 is 17.9 Å². The van der Waals surface area contributed by atoms with Gasteiger partial charge in [-0.05, 0) is 36.5 Å². The zero-order valence-electron chi connectivity index (χ0n) is 15.3. The summed E-state index contributed by atoms with van der Waals surface area (Å²) in [7, 11) is 0. The number of unbranched alkanes of at least 4 members (excludes halogenated alkanes) is 1. The molecule has 0 bridgehead atoms. The second kappa shape index (κ2) is 11.5. The van der Waals surface area contributed by atoms with E-state index in [-0.39, 0.29) is 13.2 Å². The maximum absolute atomic E-state index is 12.5. The van der Waals surface area contributed by atoms with Crippen molar-refractivity contribution in [3.05, 3.63) is 90.2 Å². The van der Waals surface area contributed by atoms with E-state index in [1.165, 1.54) is 0 Å². The van der Waals surface area contributed by atoms with E-state index in [0.717, 1.165) is 11.1 Å². The normalized spacial score (nSPS) is 10.1. The van der Waals surface area contributed by atoms with Gasteiger partial charge >= 0.3 is 11.9 Å². The van der Waals surface area contributed by atoms with E-state index in [9.17, 15) is 9.59 Å². The van der Waals surface area contributed by atoms with Gasteiger partial charge in [0.2, 0.25) is 0 Å². The first-order chi connectivity index (χ1) is 13.2. The zero-order valence-corrected chi connectivity index (χ0v) is 15.3. The number of benzene rings is 2. The number of rotatable bonds is 10. The summed E-state index contributed by atoms with van der Waals surface area (Å²) in [5.74, 6) is -2.05. The Morgan fingerprint density at radius 1 is 0.889 bits per heavy atom. The molecule has 0 aliphatic carbocycles. The van der Waals surface area contributed by atoms with E-state index in [2.05, 4.69) is 12.3 Å². The van der Waals surface area contributed by atoms with Gasteiger partial charge in [-0.25, -0.2) is 0 Å². The van der Waals surface area contributed by atoms with Gasteiger partial charge in [-0.3, -0.25) is 9.59 Å². The monoisotopic (exact) mass is 364 g/mol. The minimum atomic E-state index is -0.935. The fourth-order valence-electron chi connectivity index (χ4n) is 2.52. The summed E-state index contributed by atoms with van der Waals surface area (Å²) in [6.07, 6.45) is 3.48. The Bertz CT molecular complexity index is 706. The lowest BCUT2D eigenvalue weighted by atomic mass is 10.0. The maximum atomic E-state index is 12.5. The standard InChI is InChI=1S/C23H24O4/c1-2-3-4-11-16-21(22(24)26-17-19-12-7-5-8-13-19)23(25)27-18-20-14-9-6-10-15-20/h3,5-10,12-15,21H,1,4,11,16-18H2. The van der Waals surface area contributed by atoms with Crippen molar-refractivity contribution in [3.63, 3.8) is 0 Å². The number of allylic oxidation sites excluding steroid dienone is 1. The average Bonchev–Trinajstić information content (AvgIpc) is 2.72. The Kier molecular flexibility index (Phi) is 8.61. The van der Waals surface area contributed by atoms with Gasteiger partial charge in [0.05, 0.1) is 0 Å². The van der Waals surface area contributed by atoms with Gasteiger partial charge in [-0.2, -0.15) is 0 Å². The fourth-order valence-corrected chi connectivity index (χ4v) is 2.52. The Labute approximate surface area is 160 Å². The summed E-state index contributed by atoms with van der Waals surface area (Å²) < 4.78 is 10.7. The van der Waals surface area contributed by atoms with E-state index in [1.807, 2.05) is 60.7 Å². The molecule has 0 N–H and O–H groups in total. The third kappa shape index (κ3) is 7.35. The van der Waals surface area contributed by atoms with E-state index >= 15 is 0 Å². The molecule has 4 nitrogen and oxygen atoms in total. The van der Waals surface area contributed by atoms with Crippen LogP contribution in [0.25, 0.3) is 0 Å². The lowest BCUT2D eigenvalue weighted by Crippen LogP contribution is -2.28. The minimum absolute atomic E-state index is 0.134. The van der Waals surface area contributed by atoms with E-state index in [4.69, 9.17) is 9.47 Å². The second-order valence-electron chi connectivity index (χ2n) is 6.08. The van der Waals surface area contributed by atoms with Crippen LogP contribution >= 0.6 is 0 Å². The number of hydrogen-bond acceptors (Lipinski definition) is 4. The second-order valence-corrected chi connectivity index (χ2v) is 6.08. The van der Waals surface area contributed by atoms with Gasteiger partial charge < -0.3 is 9.47 Å². The average molecular weight is 364 g/mol. The largest absolute Gasteiger partial charge is 0.460 e. The first-order valence-electron chi connectivity index (χ1n) is 8.96. The molecule has 0 saturated carbocycles. The molecule has 0 atom stereocenters. The first kappa shape index (κ1) is 20.2. The molecule has 4 heteroatoms. The minimum Gasteiger partial charge on any atom is -0.460 e. The predicted molar refractivity (Wildman–Crippen MR) is 104 cm³/mol. The molecule has 0 aliphatic heterocycles. The van der Waals surface area contributed by atoms with Crippen molar-refractivity contribution in [3.8, 4) is 0 Å².